The van der Waals surface area contributed by atoms with Gasteiger partial charge in [-0.05, 0) is 54.4 Å². The van der Waals surface area contributed by atoms with Crippen molar-refractivity contribution >= 4 is 26.5 Å². The third kappa shape index (κ3) is 3.87. The van der Waals surface area contributed by atoms with Crippen molar-refractivity contribution in [3.05, 3.63) is 95.4 Å². The highest BCUT2D eigenvalue weighted by atomic mass is 32.2. The molecular weight excluding hydrogens is 429 g/mol. The summed E-state index contributed by atoms with van der Waals surface area (Å²) in [5.74, 6) is -0.602. The van der Waals surface area contributed by atoms with Crippen molar-refractivity contribution in [1.82, 2.24) is 4.98 Å². The van der Waals surface area contributed by atoms with Crippen LogP contribution in [0, 0.1) is 5.82 Å². The molecule has 1 heterocycles. The Morgan fingerprint density at radius 2 is 1.69 bits per heavy atom. The van der Waals surface area contributed by atoms with Crippen LogP contribution in [0.5, 0.6) is 5.75 Å². The lowest BCUT2D eigenvalue weighted by molar-refractivity contribution is 0.103. The topological polar surface area (TPSA) is 73.3 Å². The first-order chi connectivity index (χ1) is 15.3. The van der Waals surface area contributed by atoms with E-state index < -0.39 is 21.4 Å². The average molecular weight is 450 g/mol. The molecule has 0 aliphatic heterocycles. The lowest BCUT2D eigenvalue weighted by Crippen LogP contribution is -2.13. The number of methoxy groups -OCH3 is 1. The maximum Gasteiger partial charge on any atom is 0.208 e. The maximum atomic E-state index is 13.7. The van der Waals surface area contributed by atoms with Gasteiger partial charge in [-0.1, -0.05) is 31.2 Å². The van der Waals surface area contributed by atoms with Crippen molar-refractivity contribution in [2.45, 2.75) is 23.1 Å². The quantitative estimate of drug-likeness (QED) is 0.306. The van der Waals surface area contributed by atoms with Crippen LogP contribution in [0.3, 0.4) is 0 Å². The van der Waals surface area contributed by atoms with Gasteiger partial charge in [0, 0.05) is 17.1 Å². The minimum absolute atomic E-state index is 0.0562. The van der Waals surface area contributed by atoms with Gasteiger partial charge in [0.1, 0.15) is 11.6 Å². The molecule has 0 spiro atoms. The molecule has 0 saturated carbocycles. The SMILES string of the molecule is CCc1ccc(C(=O)c2cnc3ccc(OC)cc3c2S(=O)(=O)c2ccc(F)cc2)cc1. The fourth-order valence-corrected chi connectivity index (χ4v) is 5.12. The number of hydrogen-bond donors (Lipinski definition) is 0. The smallest absolute Gasteiger partial charge is 0.208 e. The van der Waals surface area contributed by atoms with Crippen molar-refractivity contribution in [3.63, 3.8) is 0 Å². The number of ketones is 1. The van der Waals surface area contributed by atoms with Crippen LogP contribution in [-0.4, -0.2) is 26.3 Å². The molecule has 0 N–H and O–H groups in total. The predicted molar refractivity (Wildman–Crippen MR) is 119 cm³/mol. The number of nitrogens with zero attached hydrogens (tertiary/aromatic N) is 1. The minimum Gasteiger partial charge on any atom is -0.497 e. The van der Waals surface area contributed by atoms with Gasteiger partial charge in [-0.2, -0.15) is 0 Å². The molecule has 0 saturated heterocycles. The van der Waals surface area contributed by atoms with Crippen molar-refractivity contribution in [1.29, 1.82) is 0 Å². The summed E-state index contributed by atoms with van der Waals surface area (Å²) in [6.45, 7) is 2.00. The number of halogens is 1. The first-order valence-electron chi connectivity index (χ1n) is 9.96. The van der Waals surface area contributed by atoms with Gasteiger partial charge in [-0.3, -0.25) is 9.78 Å². The summed E-state index contributed by atoms with van der Waals surface area (Å²) in [4.78, 5) is 17.4. The van der Waals surface area contributed by atoms with E-state index in [0.29, 0.717) is 16.8 Å². The lowest BCUT2D eigenvalue weighted by Gasteiger charge is -2.14. The zero-order valence-corrected chi connectivity index (χ0v) is 18.3. The first kappa shape index (κ1) is 21.6. The van der Waals surface area contributed by atoms with E-state index in [1.165, 1.54) is 31.5 Å². The number of carbonyl (C=O) groups excluding carboxylic acids is 1. The Bertz CT molecular complexity index is 1410. The van der Waals surface area contributed by atoms with Crippen LogP contribution in [0.1, 0.15) is 28.4 Å². The Morgan fingerprint density at radius 3 is 2.31 bits per heavy atom. The summed E-state index contributed by atoms with van der Waals surface area (Å²) in [5, 5.41) is 0.254. The number of fused-ring (bicyclic) bond motifs is 1. The monoisotopic (exact) mass is 449 g/mol. The van der Waals surface area contributed by atoms with Crippen molar-refractivity contribution in [2.75, 3.05) is 7.11 Å². The number of hydrogen-bond acceptors (Lipinski definition) is 5. The Hall–Kier alpha value is -3.58. The van der Waals surface area contributed by atoms with Crippen LogP contribution < -0.4 is 4.74 Å². The minimum atomic E-state index is -4.19. The zero-order valence-electron chi connectivity index (χ0n) is 17.5. The van der Waals surface area contributed by atoms with Gasteiger partial charge in [0.15, 0.2) is 5.78 Å². The summed E-state index contributed by atoms with van der Waals surface area (Å²) in [6.07, 6.45) is 2.09. The van der Waals surface area contributed by atoms with Gasteiger partial charge in [-0.15, -0.1) is 0 Å². The van der Waals surface area contributed by atoms with Crippen LogP contribution >= 0.6 is 0 Å². The fraction of sp³-hybridized carbons (Fsp3) is 0.120. The number of sulfone groups is 1. The standard InChI is InChI=1S/C25H20FNO4S/c1-3-16-4-6-17(7-5-16)24(28)22-15-27-23-13-10-19(31-2)14-21(23)25(22)32(29,30)20-11-8-18(26)9-12-20/h4-15H,3H2,1-2H3. The predicted octanol–water partition coefficient (Wildman–Crippen LogP) is 5.01. The van der Waals surface area contributed by atoms with Gasteiger partial charge in [-0.25, -0.2) is 12.8 Å². The number of aromatic nitrogens is 1. The molecule has 0 atom stereocenters. The number of pyridine rings is 1. The van der Waals surface area contributed by atoms with Gasteiger partial charge >= 0.3 is 0 Å². The first-order valence-corrected chi connectivity index (χ1v) is 11.4. The lowest BCUT2D eigenvalue weighted by atomic mass is 10.0. The largest absolute Gasteiger partial charge is 0.497 e. The average Bonchev–Trinajstić information content (AvgIpc) is 2.82. The van der Waals surface area contributed by atoms with Crippen molar-refractivity contribution in [3.8, 4) is 5.75 Å². The Morgan fingerprint density at radius 1 is 1.00 bits per heavy atom. The van der Waals surface area contributed by atoms with E-state index in [1.54, 1.807) is 24.3 Å². The number of carbonyl (C=O) groups is 1. The molecule has 5 nitrogen and oxygen atoms in total. The molecule has 7 heteroatoms. The van der Waals surface area contributed by atoms with Crippen LogP contribution in [0.4, 0.5) is 4.39 Å². The highest BCUT2D eigenvalue weighted by Crippen LogP contribution is 2.34. The van der Waals surface area contributed by atoms with E-state index >= 15 is 0 Å². The fourth-order valence-electron chi connectivity index (χ4n) is 3.50. The van der Waals surface area contributed by atoms with E-state index in [9.17, 15) is 17.6 Å². The molecule has 4 rings (SSSR count). The molecule has 0 bridgehead atoms. The summed E-state index contributed by atoms with van der Waals surface area (Å²) >= 11 is 0. The van der Waals surface area contributed by atoms with Crippen LogP contribution in [0.2, 0.25) is 0 Å². The van der Waals surface area contributed by atoms with Crippen LogP contribution in [0.15, 0.2) is 82.7 Å². The molecule has 3 aromatic carbocycles. The normalized spacial score (nSPS) is 11.5. The Balaban J connectivity index is 2.00. The molecule has 0 unspecified atom stereocenters. The molecule has 162 valence electrons. The van der Waals surface area contributed by atoms with E-state index in [4.69, 9.17) is 4.74 Å². The second-order valence-electron chi connectivity index (χ2n) is 7.22. The van der Waals surface area contributed by atoms with E-state index in [-0.39, 0.29) is 20.7 Å². The molecule has 0 aliphatic rings. The zero-order chi connectivity index (χ0) is 22.9. The molecule has 0 radical (unpaired) electrons. The summed E-state index contributed by atoms with van der Waals surface area (Å²) in [6, 6.07) is 16.3. The van der Waals surface area contributed by atoms with E-state index in [1.807, 2.05) is 19.1 Å². The van der Waals surface area contributed by atoms with Gasteiger partial charge in [0.25, 0.3) is 0 Å². The molecule has 32 heavy (non-hydrogen) atoms. The summed E-state index contributed by atoms with van der Waals surface area (Å²) in [7, 11) is -2.72. The van der Waals surface area contributed by atoms with Crippen LogP contribution in [-0.2, 0) is 16.3 Å². The number of aryl methyl sites for hydroxylation is 1. The van der Waals surface area contributed by atoms with Crippen LogP contribution in [0.25, 0.3) is 10.9 Å². The Kier molecular flexibility index (Phi) is 5.76. The number of benzene rings is 3. The molecule has 4 aromatic rings. The number of rotatable bonds is 6. The second-order valence-corrected chi connectivity index (χ2v) is 9.11. The molecule has 0 aliphatic carbocycles. The van der Waals surface area contributed by atoms with Crippen molar-refractivity contribution < 1.29 is 22.3 Å². The third-order valence-electron chi connectivity index (χ3n) is 5.29. The van der Waals surface area contributed by atoms with E-state index in [0.717, 1.165) is 24.1 Å². The van der Waals surface area contributed by atoms with E-state index in [2.05, 4.69) is 4.98 Å². The van der Waals surface area contributed by atoms with Gasteiger partial charge in [0.05, 0.1) is 28.0 Å². The van der Waals surface area contributed by atoms with Gasteiger partial charge < -0.3 is 4.74 Å². The molecule has 0 fully saturated rings. The molecule has 0 amide bonds. The summed E-state index contributed by atoms with van der Waals surface area (Å²) < 4.78 is 46.1. The summed E-state index contributed by atoms with van der Waals surface area (Å²) in [5.41, 5.74) is 1.74. The van der Waals surface area contributed by atoms with Crippen molar-refractivity contribution in [2.24, 2.45) is 0 Å². The maximum absolute atomic E-state index is 13.7. The Labute approximate surface area is 185 Å². The second kappa shape index (κ2) is 8.51. The molecule has 1 aromatic heterocycles. The van der Waals surface area contributed by atoms with Gasteiger partial charge in [0.2, 0.25) is 9.84 Å². The third-order valence-corrected chi connectivity index (χ3v) is 7.16. The highest BCUT2D eigenvalue weighted by Gasteiger charge is 2.28. The molecular formula is C25H20FNO4S. The highest BCUT2D eigenvalue weighted by molar-refractivity contribution is 7.91. The number of ether oxygens (including phenoxy) is 1.